The van der Waals surface area contributed by atoms with E-state index in [-0.39, 0.29) is 11.9 Å². The van der Waals surface area contributed by atoms with Gasteiger partial charge >= 0.3 is 0 Å². The Morgan fingerprint density at radius 1 is 1.50 bits per heavy atom. The molecule has 2 aliphatic heterocycles. The highest BCUT2D eigenvalue weighted by Gasteiger charge is 2.41. The van der Waals surface area contributed by atoms with E-state index in [1.54, 1.807) is 0 Å². The minimum absolute atomic E-state index is 0.251. The highest BCUT2D eigenvalue weighted by Crippen LogP contribution is 2.43. The van der Waals surface area contributed by atoms with Crippen molar-refractivity contribution < 1.29 is 4.79 Å². The van der Waals surface area contributed by atoms with Crippen LogP contribution in [0.3, 0.4) is 0 Å². The van der Waals surface area contributed by atoms with E-state index in [1.165, 1.54) is 5.56 Å². The van der Waals surface area contributed by atoms with Crippen LogP contribution in [0, 0.1) is 5.92 Å². The fraction of sp³-hybridized carbons (Fsp3) is 0.417. The zero-order valence-corrected chi connectivity index (χ0v) is 10.6. The summed E-state index contributed by atoms with van der Waals surface area (Å²) >= 11 is 3.49. The summed E-state index contributed by atoms with van der Waals surface area (Å²) in [4.78, 5) is 13.6. The SMILES string of the molecule is CN1C(=O)CC2CNc3ccc(Br)cc3C21. The largest absolute Gasteiger partial charge is 0.384 e. The average molecular weight is 281 g/mol. The van der Waals surface area contributed by atoms with Crippen LogP contribution >= 0.6 is 15.9 Å². The maximum absolute atomic E-state index is 11.7. The summed E-state index contributed by atoms with van der Waals surface area (Å²) in [6, 6.07) is 6.48. The van der Waals surface area contributed by atoms with Gasteiger partial charge in [0, 0.05) is 36.1 Å². The molecule has 0 spiro atoms. The van der Waals surface area contributed by atoms with Crippen LogP contribution in [0.15, 0.2) is 22.7 Å². The molecule has 2 unspecified atom stereocenters. The minimum Gasteiger partial charge on any atom is -0.384 e. The van der Waals surface area contributed by atoms with Gasteiger partial charge in [0.05, 0.1) is 6.04 Å². The summed E-state index contributed by atoms with van der Waals surface area (Å²) in [5.74, 6) is 0.670. The number of likely N-dealkylation sites (tertiary alicyclic amines) is 1. The highest BCUT2D eigenvalue weighted by molar-refractivity contribution is 9.10. The lowest BCUT2D eigenvalue weighted by Crippen LogP contribution is -2.31. The first kappa shape index (κ1) is 10.1. The third-order valence-electron chi connectivity index (χ3n) is 3.58. The molecule has 2 heterocycles. The summed E-state index contributed by atoms with van der Waals surface area (Å²) in [6.45, 7) is 0.898. The summed E-state index contributed by atoms with van der Waals surface area (Å²) in [7, 11) is 1.91. The van der Waals surface area contributed by atoms with Gasteiger partial charge in [0.15, 0.2) is 0 Å². The molecule has 1 saturated heterocycles. The van der Waals surface area contributed by atoms with E-state index in [4.69, 9.17) is 0 Å². The molecule has 3 nitrogen and oxygen atoms in total. The number of nitrogens with zero attached hydrogens (tertiary/aromatic N) is 1. The number of nitrogens with one attached hydrogen (secondary N) is 1. The Hall–Kier alpha value is -1.03. The van der Waals surface area contributed by atoms with Gasteiger partial charge in [-0.2, -0.15) is 0 Å². The van der Waals surface area contributed by atoms with Crippen LogP contribution in [0.5, 0.6) is 0 Å². The second-order valence-corrected chi connectivity index (χ2v) is 5.44. The number of rotatable bonds is 0. The number of hydrogen-bond acceptors (Lipinski definition) is 2. The molecule has 2 aliphatic rings. The van der Waals surface area contributed by atoms with Gasteiger partial charge in [0.25, 0.3) is 0 Å². The summed E-state index contributed by atoms with van der Waals surface area (Å²) < 4.78 is 1.07. The van der Waals surface area contributed by atoms with Crippen molar-refractivity contribution in [3.05, 3.63) is 28.2 Å². The van der Waals surface area contributed by atoms with Crippen molar-refractivity contribution in [1.29, 1.82) is 0 Å². The zero-order chi connectivity index (χ0) is 11.3. The Bertz CT molecular complexity index is 460. The summed E-state index contributed by atoms with van der Waals surface area (Å²) in [5, 5.41) is 3.40. The number of fused-ring (bicyclic) bond motifs is 3. The van der Waals surface area contributed by atoms with Crippen LogP contribution in [0.1, 0.15) is 18.0 Å². The molecule has 1 aromatic rings. The van der Waals surface area contributed by atoms with Gasteiger partial charge in [0.2, 0.25) is 5.91 Å². The van der Waals surface area contributed by atoms with Crippen LogP contribution in [0.2, 0.25) is 0 Å². The van der Waals surface area contributed by atoms with Crippen molar-refractivity contribution >= 4 is 27.5 Å². The van der Waals surface area contributed by atoms with Crippen molar-refractivity contribution in [3.63, 3.8) is 0 Å². The second kappa shape index (κ2) is 3.48. The van der Waals surface area contributed by atoms with Crippen molar-refractivity contribution in [2.45, 2.75) is 12.5 Å². The molecule has 0 aromatic heterocycles. The van der Waals surface area contributed by atoms with Crippen LogP contribution in [-0.4, -0.2) is 24.4 Å². The molecule has 3 rings (SSSR count). The molecular formula is C12H13BrN2O. The molecule has 0 radical (unpaired) electrons. The van der Waals surface area contributed by atoms with Crippen LogP contribution in [-0.2, 0) is 4.79 Å². The zero-order valence-electron chi connectivity index (χ0n) is 9.03. The van der Waals surface area contributed by atoms with E-state index in [0.29, 0.717) is 12.3 Å². The first-order valence-electron chi connectivity index (χ1n) is 5.46. The molecule has 4 heteroatoms. The number of anilines is 1. The third-order valence-corrected chi connectivity index (χ3v) is 4.07. The molecule has 1 N–H and O–H groups in total. The molecule has 0 bridgehead atoms. The third kappa shape index (κ3) is 1.36. The second-order valence-electron chi connectivity index (χ2n) is 4.53. The molecular weight excluding hydrogens is 268 g/mol. The lowest BCUT2D eigenvalue weighted by molar-refractivity contribution is -0.127. The van der Waals surface area contributed by atoms with E-state index in [2.05, 4.69) is 33.4 Å². The Morgan fingerprint density at radius 3 is 3.12 bits per heavy atom. The van der Waals surface area contributed by atoms with Gasteiger partial charge in [-0.1, -0.05) is 15.9 Å². The van der Waals surface area contributed by atoms with Gasteiger partial charge in [0.1, 0.15) is 0 Å². The molecule has 1 aromatic carbocycles. The minimum atomic E-state index is 0.251. The predicted molar refractivity (Wildman–Crippen MR) is 66.2 cm³/mol. The van der Waals surface area contributed by atoms with Crippen molar-refractivity contribution in [3.8, 4) is 0 Å². The average Bonchev–Trinajstić information content (AvgIpc) is 2.55. The van der Waals surface area contributed by atoms with Gasteiger partial charge < -0.3 is 10.2 Å². The smallest absolute Gasteiger partial charge is 0.223 e. The first-order chi connectivity index (χ1) is 7.66. The quantitative estimate of drug-likeness (QED) is 0.792. The molecule has 1 fully saturated rings. The van der Waals surface area contributed by atoms with Gasteiger partial charge in [-0.25, -0.2) is 0 Å². The lowest BCUT2D eigenvalue weighted by Gasteiger charge is -2.32. The topological polar surface area (TPSA) is 32.3 Å². The Balaban J connectivity index is 2.10. The normalized spacial score (nSPS) is 27.4. The van der Waals surface area contributed by atoms with E-state index in [9.17, 15) is 4.79 Å². The first-order valence-corrected chi connectivity index (χ1v) is 6.25. The van der Waals surface area contributed by atoms with Crippen LogP contribution in [0.4, 0.5) is 5.69 Å². The fourth-order valence-electron chi connectivity index (χ4n) is 2.78. The fourth-order valence-corrected chi connectivity index (χ4v) is 3.16. The van der Waals surface area contributed by atoms with Crippen LogP contribution < -0.4 is 5.32 Å². The molecule has 2 atom stereocenters. The van der Waals surface area contributed by atoms with E-state index >= 15 is 0 Å². The predicted octanol–water partition coefficient (Wildman–Crippen LogP) is 2.39. The Kier molecular flexibility index (Phi) is 2.21. The maximum Gasteiger partial charge on any atom is 0.223 e. The van der Waals surface area contributed by atoms with Crippen molar-refractivity contribution in [2.75, 3.05) is 18.9 Å². The molecule has 0 saturated carbocycles. The van der Waals surface area contributed by atoms with Gasteiger partial charge in [-0.15, -0.1) is 0 Å². The Morgan fingerprint density at radius 2 is 2.31 bits per heavy atom. The van der Waals surface area contributed by atoms with E-state index in [0.717, 1.165) is 16.7 Å². The number of hydrogen-bond donors (Lipinski definition) is 1. The molecule has 1 amide bonds. The summed E-state index contributed by atoms with van der Waals surface area (Å²) in [5.41, 5.74) is 2.39. The van der Waals surface area contributed by atoms with E-state index in [1.807, 2.05) is 18.0 Å². The van der Waals surface area contributed by atoms with Gasteiger partial charge in [-0.3, -0.25) is 4.79 Å². The number of carbonyl (C=O) groups excluding carboxylic acids is 1. The highest BCUT2D eigenvalue weighted by atomic mass is 79.9. The number of carbonyl (C=O) groups is 1. The number of halogens is 1. The maximum atomic E-state index is 11.7. The molecule has 84 valence electrons. The standard InChI is InChI=1S/C12H13BrN2O/c1-15-11(16)4-7-6-14-10-3-2-8(13)5-9(10)12(7)15/h2-3,5,7,12,14H,4,6H2,1H3. The van der Waals surface area contributed by atoms with E-state index < -0.39 is 0 Å². The Labute approximate surface area is 103 Å². The lowest BCUT2D eigenvalue weighted by atomic mass is 9.89. The molecule has 0 aliphatic carbocycles. The van der Waals surface area contributed by atoms with Crippen molar-refractivity contribution in [1.82, 2.24) is 4.90 Å². The van der Waals surface area contributed by atoms with Crippen molar-refractivity contribution in [2.24, 2.45) is 5.92 Å². The number of benzene rings is 1. The van der Waals surface area contributed by atoms with Crippen LogP contribution in [0.25, 0.3) is 0 Å². The monoisotopic (exact) mass is 280 g/mol. The summed E-state index contributed by atoms with van der Waals surface area (Å²) in [6.07, 6.45) is 0.667. The number of amides is 1. The molecule has 16 heavy (non-hydrogen) atoms. The van der Waals surface area contributed by atoms with Gasteiger partial charge in [-0.05, 0) is 23.8 Å².